The molecule has 26 heavy (non-hydrogen) atoms. The van der Waals surface area contributed by atoms with Crippen LogP contribution in [0.3, 0.4) is 0 Å². The molecule has 6 nitrogen and oxygen atoms in total. The molecule has 2 atom stereocenters. The molecule has 8 heteroatoms. The van der Waals surface area contributed by atoms with E-state index in [9.17, 15) is 13.2 Å². The average molecular weight is 394 g/mol. The molecule has 136 valence electrons. The molecule has 1 fully saturated rings. The van der Waals surface area contributed by atoms with E-state index >= 15 is 0 Å². The molecule has 2 aromatic rings. The minimum Gasteiger partial charge on any atom is -0.333 e. The summed E-state index contributed by atoms with van der Waals surface area (Å²) in [7, 11) is -4.24. The SMILES string of the molecule is CC1OC2(OC1C)C(=O)N(S(=O)(=O)c1ccccc1Cl)c1ccccc12. The quantitative estimate of drug-likeness (QED) is 0.784. The number of halogens is 1. The van der Waals surface area contributed by atoms with E-state index in [0.29, 0.717) is 5.56 Å². The fourth-order valence-electron chi connectivity index (χ4n) is 3.25. The van der Waals surface area contributed by atoms with E-state index in [-0.39, 0.29) is 27.8 Å². The number of benzene rings is 2. The number of ether oxygens (including phenoxy) is 2. The van der Waals surface area contributed by atoms with Crippen LogP contribution >= 0.6 is 11.6 Å². The Balaban J connectivity index is 1.92. The smallest absolute Gasteiger partial charge is 0.306 e. The van der Waals surface area contributed by atoms with Crippen molar-refractivity contribution >= 4 is 33.2 Å². The van der Waals surface area contributed by atoms with Crippen molar-refractivity contribution < 1.29 is 22.7 Å². The number of nitrogens with zero attached hydrogens (tertiary/aromatic N) is 1. The number of amides is 1. The Labute approximate surface area is 156 Å². The molecule has 1 spiro atoms. The first-order chi connectivity index (χ1) is 12.3. The highest BCUT2D eigenvalue weighted by Crippen LogP contribution is 2.50. The minimum absolute atomic E-state index is 0.0359. The highest BCUT2D eigenvalue weighted by molar-refractivity contribution is 7.93. The largest absolute Gasteiger partial charge is 0.333 e. The maximum Gasteiger partial charge on any atom is 0.306 e. The van der Waals surface area contributed by atoms with Gasteiger partial charge in [-0.2, -0.15) is 4.31 Å². The Bertz CT molecular complexity index is 996. The fourth-order valence-corrected chi connectivity index (χ4v) is 5.20. The van der Waals surface area contributed by atoms with E-state index in [2.05, 4.69) is 0 Å². The highest BCUT2D eigenvalue weighted by Gasteiger charge is 2.62. The summed E-state index contributed by atoms with van der Waals surface area (Å²) < 4.78 is 38.9. The molecule has 2 heterocycles. The predicted molar refractivity (Wildman–Crippen MR) is 95.3 cm³/mol. The third-order valence-corrected chi connectivity index (χ3v) is 6.86. The summed E-state index contributed by atoms with van der Waals surface area (Å²) in [4.78, 5) is 13.1. The third kappa shape index (κ3) is 2.24. The van der Waals surface area contributed by atoms with E-state index in [1.165, 1.54) is 12.1 Å². The molecule has 0 aliphatic carbocycles. The Morgan fingerprint density at radius 3 is 2.23 bits per heavy atom. The zero-order valence-electron chi connectivity index (χ0n) is 14.0. The monoisotopic (exact) mass is 393 g/mol. The first-order valence-corrected chi connectivity index (χ1v) is 9.90. The molecule has 2 aliphatic heterocycles. The van der Waals surface area contributed by atoms with Crippen molar-refractivity contribution in [1.29, 1.82) is 0 Å². The van der Waals surface area contributed by atoms with Crippen LogP contribution in [-0.4, -0.2) is 26.5 Å². The second kappa shape index (κ2) is 5.79. The van der Waals surface area contributed by atoms with Gasteiger partial charge in [-0.25, -0.2) is 8.42 Å². The molecular formula is C18H16ClNO5S. The normalized spacial score (nSPS) is 28.0. The molecule has 0 saturated carbocycles. The van der Waals surface area contributed by atoms with Gasteiger partial charge in [0.05, 0.1) is 22.9 Å². The van der Waals surface area contributed by atoms with E-state index in [0.717, 1.165) is 4.31 Å². The van der Waals surface area contributed by atoms with Gasteiger partial charge in [0.1, 0.15) is 4.90 Å². The van der Waals surface area contributed by atoms with Crippen LogP contribution in [0.5, 0.6) is 0 Å². The number of hydrogen-bond acceptors (Lipinski definition) is 5. The van der Waals surface area contributed by atoms with E-state index in [4.69, 9.17) is 21.1 Å². The maximum atomic E-state index is 13.3. The van der Waals surface area contributed by atoms with Crippen LogP contribution in [0.1, 0.15) is 19.4 Å². The molecule has 0 N–H and O–H groups in total. The second-order valence-electron chi connectivity index (χ2n) is 6.28. The predicted octanol–water partition coefficient (Wildman–Crippen LogP) is 3.05. The van der Waals surface area contributed by atoms with Crippen molar-refractivity contribution in [3.05, 3.63) is 59.1 Å². The average Bonchev–Trinajstić information content (AvgIpc) is 3.03. The number of anilines is 1. The molecule has 1 amide bonds. The van der Waals surface area contributed by atoms with Crippen molar-refractivity contribution in [3.8, 4) is 0 Å². The first kappa shape index (κ1) is 17.5. The number of carbonyl (C=O) groups is 1. The summed E-state index contributed by atoms with van der Waals surface area (Å²) in [6.07, 6.45) is -0.732. The van der Waals surface area contributed by atoms with Gasteiger partial charge in [-0.15, -0.1) is 0 Å². The number of carbonyl (C=O) groups excluding carboxylic acids is 1. The summed E-state index contributed by atoms with van der Waals surface area (Å²) in [5.74, 6) is -2.56. The number of rotatable bonds is 2. The van der Waals surface area contributed by atoms with E-state index < -0.39 is 21.7 Å². The van der Waals surface area contributed by atoms with Crippen LogP contribution in [0, 0.1) is 0 Å². The first-order valence-electron chi connectivity index (χ1n) is 8.08. The standard InChI is InChI=1S/C18H16ClNO5S/c1-11-12(2)25-18(24-11)13-7-3-5-9-15(13)20(17(18)21)26(22,23)16-10-6-4-8-14(16)19/h3-12H,1-2H3. The van der Waals surface area contributed by atoms with Gasteiger partial charge < -0.3 is 9.47 Å². The van der Waals surface area contributed by atoms with Gasteiger partial charge in [0.25, 0.3) is 15.8 Å². The van der Waals surface area contributed by atoms with Crippen molar-refractivity contribution in [2.75, 3.05) is 4.31 Å². The van der Waals surface area contributed by atoms with Gasteiger partial charge in [0.2, 0.25) is 0 Å². The molecule has 4 rings (SSSR count). The Hall–Kier alpha value is -1.93. The lowest BCUT2D eigenvalue weighted by Crippen LogP contribution is -2.44. The molecule has 2 aliphatic rings. The van der Waals surface area contributed by atoms with Crippen LogP contribution in [-0.2, 0) is 30.1 Å². The summed E-state index contributed by atoms with van der Waals surface area (Å²) in [6.45, 7) is 3.56. The van der Waals surface area contributed by atoms with E-state index in [1.54, 1.807) is 50.2 Å². The lowest BCUT2D eigenvalue weighted by atomic mass is 10.1. The van der Waals surface area contributed by atoms with Crippen LogP contribution in [0.4, 0.5) is 5.69 Å². The van der Waals surface area contributed by atoms with Crippen LogP contribution in [0.2, 0.25) is 5.02 Å². The Morgan fingerprint density at radius 2 is 1.58 bits per heavy atom. The van der Waals surface area contributed by atoms with Crippen molar-refractivity contribution in [3.63, 3.8) is 0 Å². The zero-order chi connectivity index (χ0) is 18.7. The van der Waals surface area contributed by atoms with Crippen LogP contribution in [0.25, 0.3) is 0 Å². The molecule has 0 radical (unpaired) electrons. The molecule has 0 aromatic heterocycles. The molecule has 1 saturated heterocycles. The minimum atomic E-state index is -4.24. The lowest BCUT2D eigenvalue weighted by molar-refractivity contribution is -0.188. The number of fused-ring (bicyclic) bond motifs is 2. The maximum absolute atomic E-state index is 13.3. The summed E-state index contributed by atoms with van der Waals surface area (Å²) >= 11 is 6.08. The zero-order valence-corrected chi connectivity index (χ0v) is 15.6. The van der Waals surface area contributed by atoms with Gasteiger partial charge in [-0.05, 0) is 32.0 Å². The summed E-state index contributed by atoms with van der Waals surface area (Å²) in [6, 6.07) is 12.5. The number of sulfonamides is 1. The van der Waals surface area contributed by atoms with E-state index in [1.807, 2.05) is 0 Å². The van der Waals surface area contributed by atoms with Gasteiger partial charge in [0.15, 0.2) is 0 Å². The van der Waals surface area contributed by atoms with Crippen molar-refractivity contribution in [1.82, 2.24) is 0 Å². The van der Waals surface area contributed by atoms with Crippen molar-refractivity contribution in [2.24, 2.45) is 0 Å². The third-order valence-electron chi connectivity index (χ3n) is 4.66. The molecule has 2 aromatic carbocycles. The Morgan fingerprint density at radius 1 is 1.00 bits per heavy atom. The van der Waals surface area contributed by atoms with Gasteiger partial charge in [-0.3, -0.25) is 4.79 Å². The highest BCUT2D eigenvalue weighted by atomic mass is 35.5. The Kier molecular flexibility index (Phi) is 3.89. The molecule has 0 bridgehead atoms. The van der Waals surface area contributed by atoms with Gasteiger partial charge in [-0.1, -0.05) is 41.9 Å². The molecular weight excluding hydrogens is 378 g/mol. The van der Waals surface area contributed by atoms with Crippen molar-refractivity contribution in [2.45, 2.75) is 36.7 Å². The number of para-hydroxylation sites is 1. The van der Waals surface area contributed by atoms with Gasteiger partial charge in [0, 0.05) is 5.56 Å². The van der Waals surface area contributed by atoms with Crippen LogP contribution < -0.4 is 4.31 Å². The number of hydrogen-bond donors (Lipinski definition) is 0. The molecule has 2 unspecified atom stereocenters. The lowest BCUT2D eigenvalue weighted by Gasteiger charge is -2.23. The summed E-state index contributed by atoms with van der Waals surface area (Å²) in [5, 5.41) is 0.0359. The van der Waals surface area contributed by atoms with Gasteiger partial charge >= 0.3 is 5.91 Å². The topological polar surface area (TPSA) is 72.9 Å². The second-order valence-corrected chi connectivity index (χ2v) is 8.45. The van der Waals surface area contributed by atoms with Crippen LogP contribution in [0.15, 0.2) is 53.4 Å². The summed E-state index contributed by atoms with van der Waals surface area (Å²) in [5.41, 5.74) is 0.579. The fraction of sp³-hybridized carbons (Fsp3) is 0.278.